The van der Waals surface area contributed by atoms with Crippen LogP contribution < -0.4 is 20.1 Å². The van der Waals surface area contributed by atoms with Gasteiger partial charge >= 0.3 is 0 Å². The van der Waals surface area contributed by atoms with E-state index in [0.717, 1.165) is 22.9 Å². The number of nitrogens with one attached hydrogen (secondary N) is 2. The van der Waals surface area contributed by atoms with Gasteiger partial charge in [0.05, 0.1) is 0 Å². The Kier molecular flexibility index (Phi) is 6.79. The zero-order valence-corrected chi connectivity index (χ0v) is 15.0. The Bertz CT molecular complexity index is 537. The van der Waals surface area contributed by atoms with Crippen molar-refractivity contribution in [3.05, 3.63) is 48.5 Å². The van der Waals surface area contributed by atoms with Crippen LogP contribution in [0.5, 0.6) is 11.5 Å². The summed E-state index contributed by atoms with van der Waals surface area (Å²) in [5, 5.41) is 6.70. The van der Waals surface area contributed by atoms with Crippen molar-refractivity contribution in [3.8, 4) is 11.5 Å². The van der Waals surface area contributed by atoms with Gasteiger partial charge in [-0.3, -0.25) is 0 Å². The van der Waals surface area contributed by atoms with Gasteiger partial charge in [0.15, 0.2) is 0 Å². The van der Waals surface area contributed by atoms with Gasteiger partial charge in [-0.2, -0.15) is 0 Å². The maximum atomic E-state index is 5.70. The molecular formula is C20H28N2O2. The Morgan fingerprint density at radius 3 is 1.25 bits per heavy atom. The Balaban J connectivity index is 1.70. The van der Waals surface area contributed by atoms with E-state index in [1.165, 1.54) is 0 Å². The van der Waals surface area contributed by atoms with E-state index in [-0.39, 0.29) is 0 Å². The summed E-state index contributed by atoms with van der Waals surface area (Å²) in [4.78, 5) is 0. The lowest BCUT2D eigenvalue weighted by molar-refractivity contribution is 0.217. The fourth-order valence-corrected chi connectivity index (χ4v) is 2.28. The molecule has 0 atom stereocenters. The second kappa shape index (κ2) is 9.06. The van der Waals surface area contributed by atoms with Crippen LogP contribution in [0.2, 0.25) is 0 Å². The topological polar surface area (TPSA) is 42.5 Å². The highest BCUT2D eigenvalue weighted by Gasteiger charge is 1.99. The minimum absolute atomic E-state index is 0.423. The van der Waals surface area contributed by atoms with Crippen molar-refractivity contribution >= 4 is 11.4 Å². The number of hydrogen-bond donors (Lipinski definition) is 2. The van der Waals surface area contributed by atoms with Crippen molar-refractivity contribution in [1.29, 1.82) is 0 Å². The number of anilines is 2. The lowest BCUT2D eigenvalue weighted by atomic mass is 10.2. The van der Waals surface area contributed by atoms with Crippen LogP contribution in [0.4, 0.5) is 11.4 Å². The predicted molar refractivity (Wildman–Crippen MR) is 101 cm³/mol. The number of rotatable bonds is 9. The zero-order valence-electron chi connectivity index (χ0n) is 15.0. The molecule has 4 heteroatoms. The van der Waals surface area contributed by atoms with Gasteiger partial charge in [0, 0.05) is 23.5 Å². The van der Waals surface area contributed by atoms with Crippen molar-refractivity contribution in [1.82, 2.24) is 0 Å². The van der Waals surface area contributed by atoms with Gasteiger partial charge in [-0.1, -0.05) is 0 Å². The molecule has 0 bridgehead atoms. The van der Waals surface area contributed by atoms with Crippen LogP contribution in [0, 0.1) is 0 Å². The number of hydrogen-bond acceptors (Lipinski definition) is 4. The monoisotopic (exact) mass is 328 g/mol. The standard InChI is InChI=1S/C20H28N2O2/c1-15(2)21-17-5-9-19(10-6-17)23-13-14-24-20-11-7-18(8-12-20)22-16(3)4/h5-12,15-16,21-22H,13-14H2,1-4H3. The molecule has 0 aliphatic heterocycles. The Labute approximate surface area is 145 Å². The molecule has 24 heavy (non-hydrogen) atoms. The van der Waals surface area contributed by atoms with Crippen molar-refractivity contribution in [2.75, 3.05) is 23.8 Å². The number of benzene rings is 2. The molecule has 0 fully saturated rings. The summed E-state index contributed by atoms with van der Waals surface area (Å²) in [6, 6.07) is 16.8. The van der Waals surface area contributed by atoms with E-state index in [1.54, 1.807) is 0 Å². The molecule has 0 aliphatic carbocycles. The van der Waals surface area contributed by atoms with Crippen LogP contribution in [-0.4, -0.2) is 25.3 Å². The Morgan fingerprint density at radius 2 is 0.958 bits per heavy atom. The van der Waals surface area contributed by atoms with Crippen LogP contribution in [0.1, 0.15) is 27.7 Å². The summed E-state index contributed by atoms with van der Waals surface area (Å²) in [6.45, 7) is 9.51. The molecule has 2 N–H and O–H groups in total. The van der Waals surface area contributed by atoms with Gasteiger partial charge in [-0.15, -0.1) is 0 Å². The normalized spacial score (nSPS) is 10.8. The molecule has 0 unspecified atom stereocenters. The van der Waals surface area contributed by atoms with E-state index in [0.29, 0.717) is 25.3 Å². The second-order valence-corrected chi connectivity index (χ2v) is 6.34. The Morgan fingerprint density at radius 1 is 0.625 bits per heavy atom. The molecule has 130 valence electrons. The fraction of sp³-hybridized carbons (Fsp3) is 0.400. The summed E-state index contributed by atoms with van der Waals surface area (Å²) in [6.07, 6.45) is 0. The van der Waals surface area contributed by atoms with Gasteiger partial charge in [-0.05, 0) is 76.2 Å². The molecular weight excluding hydrogens is 300 g/mol. The third-order valence-electron chi connectivity index (χ3n) is 3.24. The lowest BCUT2D eigenvalue weighted by Crippen LogP contribution is -2.11. The zero-order chi connectivity index (χ0) is 17.4. The summed E-state index contributed by atoms with van der Waals surface area (Å²) < 4.78 is 11.4. The molecule has 0 saturated carbocycles. The van der Waals surface area contributed by atoms with Crippen molar-refractivity contribution in [3.63, 3.8) is 0 Å². The van der Waals surface area contributed by atoms with E-state index >= 15 is 0 Å². The molecule has 0 spiro atoms. The molecule has 0 aromatic heterocycles. The summed E-state index contributed by atoms with van der Waals surface area (Å²) in [7, 11) is 0. The summed E-state index contributed by atoms with van der Waals surface area (Å²) in [5.74, 6) is 1.70. The van der Waals surface area contributed by atoms with Gasteiger partial charge in [-0.25, -0.2) is 0 Å². The SMILES string of the molecule is CC(C)Nc1ccc(OCCOc2ccc(NC(C)C)cc2)cc1. The molecule has 0 radical (unpaired) electrons. The molecule has 2 rings (SSSR count). The highest BCUT2D eigenvalue weighted by Crippen LogP contribution is 2.18. The quantitative estimate of drug-likeness (QED) is 0.650. The van der Waals surface area contributed by atoms with E-state index in [2.05, 4.69) is 38.3 Å². The highest BCUT2D eigenvalue weighted by atomic mass is 16.5. The lowest BCUT2D eigenvalue weighted by Gasteiger charge is -2.12. The average Bonchev–Trinajstić information content (AvgIpc) is 2.53. The molecule has 4 nitrogen and oxygen atoms in total. The van der Waals surface area contributed by atoms with Crippen LogP contribution >= 0.6 is 0 Å². The van der Waals surface area contributed by atoms with Gasteiger partial charge in [0.2, 0.25) is 0 Å². The van der Waals surface area contributed by atoms with Crippen molar-refractivity contribution in [2.45, 2.75) is 39.8 Å². The molecule has 0 aliphatic rings. The van der Waals surface area contributed by atoms with Gasteiger partial charge in [0.25, 0.3) is 0 Å². The molecule has 0 saturated heterocycles. The van der Waals surface area contributed by atoms with Crippen LogP contribution in [-0.2, 0) is 0 Å². The first-order valence-corrected chi connectivity index (χ1v) is 8.52. The van der Waals surface area contributed by atoms with Crippen molar-refractivity contribution < 1.29 is 9.47 Å². The molecule has 2 aromatic carbocycles. The van der Waals surface area contributed by atoms with Crippen molar-refractivity contribution in [2.24, 2.45) is 0 Å². The van der Waals surface area contributed by atoms with Crippen LogP contribution in [0.25, 0.3) is 0 Å². The molecule has 0 heterocycles. The maximum Gasteiger partial charge on any atom is 0.122 e. The summed E-state index contributed by atoms with van der Waals surface area (Å²) >= 11 is 0. The summed E-state index contributed by atoms with van der Waals surface area (Å²) in [5.41, 5.74) is 2.20. The van der Waals surface area contributed by atoms with E-state index in [1.807, 2.05) is 48.5 Å². The Hall–Kier alpha value is -2.36. The largest absolute Gasteiger partial charge is 0.490 e. The minimum Gasteiger partial charge on any atom is -0.490 e. The first kappa shape index (κ1) is 18.0. The van der Waals surface area contributed by atoms with E-state index in [9.17, 15) is 0 Å². The first-order chi connectivity index (χ1) is 11.5. The molecule has 0 amide bonds. The third-order valence-corrected chi connectivity index (χ3v) is 3.24. The third kappa shape index (κ3) is 6.41. The maximum absolute atomic E-state index is 5.70. The molecule has 2 aromatic rings. The highest BCUT2D eigenvalue weighted by molar-refractivity contribution is 5.47. The average molecular weight is 328 g/mol. The second-order valence-electron chi connectivity index (χ2n) is 6.34. The van der Waals surface area contributed by atoms with E-state index < -0.39 is 0 Å². The van der Waals surface area contributed by atoms with Crippen LogP contribution in [0.15, 0.2) is 48.5 Å². The van der Waals surface area contributed by atoms with Gasteiger partial charge < -0.3 is 20.1 Å². The predicted octanol–water partition coefficient (Wildman–Crippen LogP) is 4.79. The number of ether oxygens (including phenoxy) is 2. The van der Waals surface area contributed by atoms with E-state index in [4.69, 9.17) is 9.47 Å². The van der Waals surface area contributed by atoms with Crippen LogP contribution in [0.3, 0.4) is 0 Å². The van der Waals surface area contributed by atoms with Gasteiger partial charge in [0.1, 0.15) is 24.7 Å². The minimum atomic E-state index is 0.423. The smallest absolute Gasteiger partial charge is 0.122 e. The fourth-order valence-electron chi connectivity index (χ4n) is 2.28. The first-order valence-electron chi connectivity index (χ1n) is 8.52.